The van der Waals surface area contributed by atoms with Crippen molar-refractivity contribution in [3.63, 3.8) is 0 Å². The number of thiazole rings is 1. The fourth-order valence-corrected chi connectivity index (χ4v) is 3.69. The van der Waals surface area contributed by atoms with Crippen LogP contribution >= 0.6 is 11.3 Å². The summed E-state index contributed by atoms with van der Waals surface area (Å²) in [4.78, 5) is 17.6. The third-order valence-corrected chi connectivity index (χ3v) is 5.35. The van der Waals surface area contributed by atoms with E-state index in [2.05, 4.69) is 15.5 Å². The average molecular weight is 426 g/mol. The number of phenolic OH excluding ortho intramolecular Hbond substituents is 1. The van der Waals surface area contributed by atoms with Gasteiger partial charge < -0.3 is 14.6 Å². The lowest BCUT2D eigenvalue weighted by Crippen LogP contribution is -2.17. The second kappa shape index (κ2) is 9.89. The van der Waals surface area contributed by atoms with Crippen molar-refractivity contribution in [2.24, 2.45) is 5.10 Å². The van der Waals surface area contributed by atoms with Gasteiger partial charge in [0.2, 0.25) is 0 Å². The Bertz CT molecular complexity index is 1060. The van der Waals surface area contributed by atoms with Crippen LogP contribution in [-0.2, 0) is 0 Å². The van der Waals surface area contributed by atoms with Crippen LogP contribution in [0.3, 0.4) is 0 Å². The van der Waals surface area contributed by atoms with Gasteiger partial charge in [-0.15, -0.1) is 11.3 Å². The molecular weight excluding hydrogens is 402 g/mol. The molecule has 0 unspecified atom stereocenters. The van der Waals surface area contributed by atoms with E-state index in [0.29, 0.717) is 33.5 Å². The molecule has 0 aliphatic carbocycles. The summed E-state index contributed by atoms with van der Waals surface area (Å²) in [5, 5.41) is 14.5. The van der Waals surface area contributed by atoms with Gasteiger partial charge in [-0.3, -0.25) is 4.79 Å². The first kappa shape index (κ1) is 21.3. The Morgan fingerprint density at radius 3 is 2.80 bits per heavy atom. The highest BCUT2D eigenvalue weighted by atomic mass is 32.1. The number of amides is 1. The molecule has 1 heterocycles. The average Bonchev–Trinajstić information content (AvgIpc) is 3.14. The second-order valence-corrected chi connectivity index (χ2v) is 7.41. The SMILES string of the molecule is CCCOc1ccccc1-c1nc(C)c(C(=O)N/N=C/c2ccc(OC)c(O)c2)s1. The highest BCUT2D eigenvalue weighted by Crippen LogP contribution is 2.34. The number of benzene rings is 2. The first-order valence-electron chi connectivity index (χ1n) is 9.43. The van der Waals surface area contributed by atoms with E-state index in [4.69, 9.17) is 9.47 Å². The summed E-state index contributed by atoms with van der Waals surface area (Å²) in [6.07, 6.45) is 2.35. The maximum Gasteiger partial charge on any atom is 0.283 e. The van der Waals surface area contributed by atoms with Gasteiger partial charge in [0, 0.05) is 0 Å². The number of aromatic nitrogens is 1. The minimum atomic E-state index is -0.350. The molecule has 156 valence electrons. The van der Waals surface area contributed by atoms with Crippen LogP contribution < -0.4 is 14.9 Å². The molecule has 0 aliphatic rings. The van der Waals surface area contributed by atoms with E-state index >= 15 is 0 Å². The van der Waals surface area contributed by atoms with Crippen molar-refractivity contribution >= 4 is 23.5 Å². The first-order chi connectivity index (χ1) is 14.5. The Labute approximate surface area is 179 Å². The molecule has 0 saturated heterocycles. The monoisotopic (exact) mass is 425 g/mol. The summed E-state index contributed by atoms with van der Waals surface area (Å²) < 4.78 is 10.8. The van der Waals surface area contributed by atoms with Crippen LogP contribution in [-0.4, -0.2) is 35.9 Å². The number of hydrazone groups is 1. The molecule has 30 heavy (non-hydrogen) atoms. The highest BCUT2D eigenvalue weighted by Gasteiger charge is 2.18. The molecule has 0 bridgehead atoms. The Kier molecular flexibility index (Phi) is 7.03. The largest absolute Gasteiger partial charge is 0.504 e. The molecule has 7 nitrogen and oxygen atoms in total. The van der Waals surface area contributed by atoms with E-state index in [-0.39, 0.29) is 11.7 Å². The van der Waals surface area contributed by atoms with Gasteiger partial charge in [-0.1, -0.05) is 19.1 Å². The van der Waals surface area contributed by atoms with Crippen molar-refractivity contribution < 1.29 is 19.4 Å². The van der Waals surface area contributed by atoms with E-state index in [1.165, 1.54) is 30.7 Å². The second-order valence-electron chi connectivity index (χ2n) is 6.41. The van der Waals surface area contributed by atoms with Crippen LogP contribution in [0.2, 0.25) is 0 Å². The minimum Gasteiger partial charge on any atom is -0.504 e. The van der Waals surface area contributed by atoms with E-state index in [1.807, 2.05) is 31.2 Å². The Balaban J connectivity index is 1.74. The molecule has 1 aromatic heterocycles. The zero-order valence-corrected chi connectivity index (χ0v) is 17.8. The quantitative estimate of drug-likeness (QED) is 0.413. The number of rotatable bonds is 8. The smallest absolute Gasteiger partial charge is 0.283 e. The molecule has 0 atom stereocenters. The van der Waals surface area contributed by atoms with Crippen LogP contribution in [0.4, 0.5) is 0 Å². The third kappa shape index (κ3) is 4.96. The summed E-state index contributed by atoms with van der Waals surface area (Å²) in [6.45, 7) is 4.45. The lowest BCUT2D eigenvalue weighted by atomic mass is 10.2. The van der Waals surface area contributed by atoms with Gasteiger partial charge in [0.15, 0.2) is 11.5 Å². The Morgan fingerprint density at radius 2 is 2.07 bits per heavy atom. The number of carbonyl (C=O) groups excluding carboxylic acids is 1. The van der Waals surface area contributed by atoms with Crippen LogP contribution in [0, 0.1) is 6.92 Å². The molecule has 0 aliphatic heterocycles. The number of nitrogens with one attached hydrogen (secondary N) is 1. The van der Waals surface area contributed by atoms with Crippen molar-refractivity contribution in [1.82, 2.24) is 10.4 Å². The Morgan fingerprint density at radius 1 is 1.27 bits per heavy atom. The molecule has 0 saturated carbocycles. The van der Waals surface area contributed by atoms with Crippen molar-refractivity contribution in [1.29, 1.82) is 0 Å². The van der Waals surface area contributed by atoms with Crippen LogP contribution in [0.5, 0.6) is 17.2 Å². The molecule has 2 N–H and O–H groups in total. The fourth-order valence-electron chi connectivity index (χ4n) is 2.71. The van der Waals surface area contributed by atoms with Gasteiger partial charge in [0.25, 0.3) is 5.91 Å². The van der Waals surface area contributed by atoms with Crippen LogP contribution in [0.1, 0.15) is 34.3 Å². The first-order valence-corrected chi connectivity index (χ1v) is 10.2. The van der Waals surface area contributed by atoms with Crippen molar-refractivity contribution in [2.75, 3.05) is 13.7 Å². The molecule has 2 aromatic carbocycles. The van der Waals surface area contributed by atoms with Crippen molar-refractivity contribution in [3.05, 3.63) is 58.6 Å². The normalized spacial score (nSPS) is 10.9. The number of para-hydroxylation sites is 1. The summed E-state index contributed by atoms with van der Waals surface area (Å²) >= 11 is 1.29. The van der Waals surface area contributed by atoms with E-state index in [0.717, 1.165) is 17.7 Å². The molecule has 0 radical (unpaired) electrons. The number of methoxy groups -OCH3 is 1. The van der Waals surface area contributed by atoms with E-state index < -0.39 is 0 Å². The van der Waals surface area contributed by atoms with Gasteiger partial charge in [-0.05, 0) is 49.2 Å². The zero-order chi connectivity index (χ0) is 21.5. The van der Waals surface area contributed by atoms with Gasteiger partial charge in [0.1, 0.15) is 15.6 Å². The standard InChI is InChI=1S/C22H23N3O4S/c1-4-11-29-18-8-6-5-7-16(18)22-24-14(2)20(30-22)21(27)25-23-13-15-9-10-19(28-3)17(26)12-15/h5-10,12-13,26H,4,11H2,1-3H3,(H,25,27)/b23-13+. The predicted octanol–water partition coefficient (Wildman–Crippen LogP) is 4.39. The van der Waals surface area contributed by atoms with Crippen LogP contribution in [0.25, 0.3) is 10.6 Å². The molecular formula is C22H23N3O4S. The molecule has 8 heteroatoms. The molecule has 3 rings (SSSR count). The van der Waals surface area contributed by atoms with Crippen LogP contribution in [0.15, 0.2) is 47.6 Å². The number of hydrogen-bond donors (Lipinski definition) is 2. The van der Waals surface area contributed by atoms with E-state index in [9.17, 15) is 9.90 Å². The minimum absolute atomic E-state index is 0.000299. The van der Waals surface area contributed by atoms with Gasteiger partial charge in [0.05, 0.1) is 31.2 Å². The van der Waals surface area contributed by atoms with Crippen molar-refractivity contribution in [2.45, 2.75) is 20.3 Å². The summed E-state index contributed by atoms with van der Waals surface area (Å²) in [5.74, 6) is 0.765. The number of aromatic hydroxyl groups is 1. The summed E-state index contributed by atoms with van der Waals surface area (Å²) in [7, 11) is 1.48. The maximum absolute atomic E-state index is 12.6. The number of ether oxygens (including phenoxy) is 2. The lowest BCUT2D eigenvalue weighted by Gasteiger charge is -2.08. The molecule has 3 aromatic rings. The zero-order valence-electron chi connectivity index (χ0n) is 17.0. The maximum atomic E-state index is 12.6. The van der Waals surface area contributed by atoms with Gasteiger partial charge in [-0.25, -0.2) is 10.4 Å². The third-order valence-electron chi connectivity index (χ3n) is 4.16. The number of carbonyl (C=O) groups is 1. The van der Waals surface area contributed by atoms with E-state index in [1.54, 1.807) is 19.1 Å². The number of aryl methyl sites for hydroxylation is 1. The fraction of sp³-hybridized carbons (Fsp3) is 0.227. The van der Waals surface area contributed by atoms with Crippen molar-refractivity contribution in [3.8, 4) is 27.8 Å². The molecule has 0 spiro atoms. The molecule has 0 fully saturated rings. The number of phenols is 1. The predicted molar refractivity (Wildman–Crippen MR) is 118 cm³/mol. The van der Waals surface area contributed by atoms with Gasteiger partial charge in [-0.2, -0.15) is 5.10 Å². The summed E-state index contributed by atoms with van der Waals surface area (Å²) in [5.41, 5.74) is 4.61. The highest BCUT2D eigenvalue weighted by molar-refractivity contribution is 7.17. The summed E-state index contributed by atoms with van der Waals surface area (Å²) in [6, 6.07) is 12.5. The molecule has 1 amide bonds. The topological polar surface area (TPSA) is 93.0 Å². The number of hydrogen-bond acceptors (Lipinski definition) is 7. The Hall–Kier alpha value is -3.39. The lowest BCUT2D eigenvalue weighted by molar-refractivity contribution is 0.0958. The number of nitrogens with zero attached hydrogens (tertiary/aromatic N) is 2. The van der Waals surface area contributed by atoms with Gasteiger partial charge >= 0.3 is 0 Å².